The fourth-order valence-electron chi connectivity index (χ4n) is 2.56. The quantitative estimate of drug-likeness (QED) is 0.726. The summed E-state index contributed by atoms with van der Waals surface area (Å²) in [4.78, 5) is 12.6. The molecular weight excluding hydrogens is 268 g/mol. The number of halogens is 1. The summed E-state index contributed by atoms with van der Waals surface area (Å²) in [5.74, 6) is 0.161. The zero-order chi connectivity index (χ0) is 14.9. The minimum Gasteiger partial charge on any atom is -0.294 e. The lowest BCUT2D eigenvalue weighted by atomic mass is 9.89. The van der Waals surface area contributed by atoms with E-state index in [-0.39, 0.29) is 5.78 Å². The van der Waals surface area contributed by atoms with Crippen molar-refractivity contribution in [1.29, 1.82) is 0 Å². The van der Waals surface area contributed by atoms with E-state index in [9.17, 15) is 4.79 Å². The molecule has 0 amide bonds. The third-order valence-electron chi connectivity index (χ3n) is 3.90. The van der Waals surface area contributed by atoms with Crippen LogP contribution in [0.1, 0.15) is 38.2 Å². The van der Waals surface area contributed by atoms with E-state index < -0.39 is 0 Å². The van der Waals surface area contributed by atoms with Gasteiger partial charge in [0.25, 0.3) is 0 Å². The fourth-order valence-corrected chi connectivity index (χ4v) is 2.77. The number of carbonyl (C=O) groups excluding carboxylic acids is 1. The van der Waals surface area contributed by atoms with Gasteiger partial charge in [-0.05, 0) is 67.6 Å². The van der Waals surface area contributed by atoms with Gasteiger partial charge in [-0.25, -0.2) is 0 Å². The van der Waals surface area contributed by atoms with Crippen LogP contribution in [0.4, 0.5) is 0 Å². The van der Waals surface area contributed by atoms with Crippen molar-refractivity contribution in [3.8, 4) is 0 Å². The highest BCUT2D eigenvalue weighted by Crippen LogP contribution is 2.23. The Bertz CT molecular complexity index is 645. The molecule has 0 bridgehead atoms. The smallest absolute Gasteiger partial charge is 0.167 e. The zero-order valence-electron chi connectivity index (χ0n) is 12.4. The molecule has 2 heteroatoms. The Balaban J connectivity index is 2.39. The Hall–Kier alpha value is -1.60. The molecule has 0 atom stereocenters. The van der Waals surface area contributed by atoms with Crippen molar-refractivity contribution in [2.45, 2.75) is 34.1 Å². The summed E-state index contributed by atoms with van der Waals surface area (Å²) in [5.41, 5.74) is 6.33. The van der Waals surface area contributed by atoms with Crippen molar-refractivity contribution in [2.75, 3.05) is 0 Å². The van der Waals surface area contributed by atoms with E-state index in [1.807, 2.05) is 38.1 Å². The van der Waals surface area contributed by atoms with Gasteiger partial charge in [0, 0.05) is 17.0 Å². The molecule has 0 fully saturated rings. The van der Waals surface area contributed by atoms with Gasteiger partial charge >= 0.3 is 0 Å². The topological polar surface area (TPSA) is 17.1 Å². The molecule has 0 aliphatic heterocycles. The van der Waals surface area contributed by atoms with Crippen LogP contribution in [-0.4, -0.2) is 5.78 Å². The van der Waals surface area contributed by atoms with Crippen molar-refractivity contribution < 1.29 is 4.79 Å². The van der Waals surface area contributed by atoms with Crippen LogP contribution in [0.15, 0.2) is 30.3 Å². The first kappa shape index (κ1) is 14.8. The highest BCUT2D eigenvalue weighted by Gasteiger charge is 2.16. The predicted octanol–water partition coefficient (Wildman–Crippen LogP) is 5.00. The van der Waals surface area contributed by atoms with E-state index in [1.54, 1.807) is 0 Å². The van der Waals surface area contributed by atoms with Gasteiger partial charge in [-0.3, -0.25) is 4.79 Å². The molecule has 0 saturated carbocycles. The summed E-state index contributed by atoms with van der Waals surface area (Å²) in [7, 11) is 0. The number of Topliss-reactive ketones (excluding diaryl/α,β-unsaturated/α-hetero) is 1. The minimum absolute atomic E-state index is 0.161. The van der Waals surface area contributed by atoms with E-state index >= 15 is 0 Å². The Morgan fingerprint density at radius 3 is 2.15 bits per heavy atom. The maximum absolute atomic E-state index is 12.6. The molecule has 20 heavy (non-hydrogen) atoms. The van der Waals surface area contributed by atoms with Crippen LogP contribution in [0.2, 0.25) is 5.02 Å². The van der Waals surface area contributed by atoms with Crippen molar-refractivity contribution in [3.05, 3.63) is 68.7 Å². The van der Waals surface area contributed by atoms with E-state index in [2.05, 4.69) is 19.9 Å². The molecule has 0 aliphatic rings. The second-order valence-electron chi connectivity index (χ2n) is 5.37. The molecule has 0 radical (unpaired) electrons. The normalized spacial score (nSPS) is 10.7. The summed E-state index contributed by atoms with van der Waals surface area (Å²) in [6.07, 6.45) is 0.394. The van der Waals surface area contributed by atoms with Crippen LogP contribution in [0.3, 0.4) is 0 Å². The molecule has 2 rings (SSSR count). The summed E-state index contributed by atoms with van der Waals surface area (Å²) in [6.45, 7) is 8.15. The molecule has 0 spiro atoms. The molecule has 1 nitrogen and oxygen atoms in total. The molecular formula is C18H19ClO. The monoisotopic (exact) mass is 286 g/mol. The average molecular weight is 287 g/mol. The van der Waals surface area contributed by atoms with Crippen LogP contribution in [0.5, 0.6) is 0 Å². The second-order valence-corrected chi connectivity index (χ2v) is 5.80. The predicted molar refractivity (Wildman–Crippen MR) is 84.9 cm³/mol. The van der Waals surface area contributed by atoms with Gasteiger partial charge in [0.2, 0.25) is 0 Å². The number of carbonyl (C=O) groups is 1. The summed E-state index contributed by atoms with van der Waals surface area (Å²) in [6, 6.07) is 9.64. The first-order valence-electron chi connectivity index (χ1n) is 6.75. The van der Waals surface area contributed by atoms with E-state index in [0.717, 1.165) is 22.3 Å². The third-order valence-corrected chi connectivity index (χ3v) is 4.13. The van der Waals surface area contributed by atoms with Gasteiger partial charge in [0.1, 0.15) is 0 Å². The molecule has 2 aromatic rings. The number of benzene rings is 2. The summed E-state index contributed by atoms with van der Waals surface area (Å²) in [5, 5.41) is 0.671. The van der Waals surface area contributed by atoms with Gasteiger partial charge in [0.15, 0.2) is 5.78 Å². The maximum Gasteiger partial charge on any atom is 0.167 e. The number of hydrogen-bond donors (Lipinski definition) is 0. The van der Waals surface area contributed by atoms with Crippen molar-refractivity contribution in [1.82, 2.24) is 0 Å². The number of hydrogen-bond acceptors (Lipinski definition) is 1. The van der Waals surface area contributed by atoms with Crippen LogP contribution >= 0.6 is 11.6 Å². The lowest BCUT2D eigenvalue weighted by molar-refractivity contribution is 0.0991. The molecule has 0 N–H and O–H groups in total. The Morgan fingerprint density at radius 1 is 1.00 bits per heavy atom. The first-order valence-corrected chi connectivity index (χ1v) is 7.13. The SMILES string of the molecule is Cc1cc(C)c(C)c(C(=O)Cc2cccc(Cl)c2)c1C. The molecule has 0 heterocycles. The lowest BCUT2D eigenvalue weighted by Gasteiger charge is -2.14. The van der Waals surface area contributed by atoms with Crippen LogP contribution in [0.25, 0.3) is 0 Å². The van der Waals surface area contributed by atoms with E-state index in [4.69, 9.17) is 11.6 Å². The Labute approximate surface area is 125 Å². The zero-order valence-corrected chi connectivity index (χ0v) is 13.1. The number of aryl methyl sites for hydroxylation is 2. The molecule has 0 saturated heterocycles. The van der Waals surface area contributed by atoms with Crippen molar-refractivity contribution in [3.63, 3.8) is 0 Å². The minimum atomic E-state index is 0.161. The van der Waals surface area contributed by atoms with Gasteiger partial charge in [-0.15, -0.1) is 0 Å². The van der Waals surface area contributed by atoms with Crippen LogP contribution in [-0.2, 0) is 6.42 Å². The average Bonchev–Trinajstić information content (AvgIpc) is 2.36. The third kappa shape index (κ3) is 2.94. The number of rotatable bonds is 3. The molecule has 0 unspecified atom stereocenters. The molecule has 2 aromatic carbocycles. The van der Waals surface area contributed by atoms with E-state index in [1.165, 1.54) is 11.1 Å². The second kappa shape index (κ2) is 5.80. The molecule has 0 aromatic heterocycles. The number of ketones is 1. The standard InChI is InChI=1S/C18H19ClO/c1-11-8-12(2)14(4)18(13(11)3)17(20)10-15-6-5-7-16(19)9-15/h5-9H,10H2,1-4H3. The van der Waals surface area contributed by atoms with Crippen molar-refractivity contribution >= 4 is 17.4 Å². The Morgan fingerprint density at radius 2 is 1.60 bits per heavy atom. The fraction of sp³-hybridized carbons (Fsp3) is 0.278. The van der Waals surface area contributed by atoms with E-state index in [0.29, 0.717) is 11.4 Å². The maximum atomic E-state index is 12.6. The lowest BCUT2D eigenvalue weighted by Crippen LogP contribution is -2.10. The van der Waals surface area contributed by atoms with Gasteiger partial charge in [0.05, 0.1) is 0 Å². The van der Waals surface area contributed by atoms with Crippen LogP contribution < -0.4 is 0 Å². The van der Waals surface area contributed by atoms with Crippen LogP contribution in [0, 0.1) is 27.7 Å². The first-order chi connectivity index (χ1) is 9.40. The van der Waals surface area contributed by atoms with Gasteiger partial charge in [-0.1, -0.05) is 29.8 Å². The highest BCUT2D eigenvalue weighted by molar-refractivity contribution is 6.30. The van der Waals surface area contributed by atoms with Crippen molar-refractivity contribution in [2.24, 2.45) is 0 Å². The largest absolute Gasteiger partial charge is 0.294 e. The highest BCUT2D eigenvalue weighted by atomic mass is 35.5. The van der Waals surface area contributed by atoms with Gasteiger partial charge < -0.3 is 0 Å². The van der Waals surface area contributed by atoms with Gasteiger partial charge in [-0.2, -0.15) is 0 Å². The molecule has 104 valence electrons. The summed E-state index contributed by atoms with van der Waals surface area (Å²) >= 11 is 5.98. The molecule has 0 aliphatic carbocycles. The summed E-state index contributed by atoms with van der Waals surface area (Å²) < 4.78 is 0. The Kier molecular flexibility index (Phi) is 4.29.